The van der Waals surface area contributed by atoms with Gasteiger partial charge in [0, 0.05) is 29.9 Å². The van der Waals surface area contributed by atoms with Crippen LogP contribution in [0.5, 0.6) is 0 Å². The van der Waals surface area contributed by atoms with Gasteiger partial charge >= 0.3 is 0 Å². The average Bonchev–Trinajstić information content (AvgIpc) is 3.13. The molecule has 160 valence electrons. The van der Waals surface area contributed by atoms with Crippen molar-refractivity contribution in [3.05, 3.63) is 48.3 Å². The lowest BCUT2D eigenvalue weighted by Gasteiger charge is -2.29. The molecule has 8 nitrogen and oxygen atoms in total. The monoisotopic (exact) mass is 429 g/mol. The van der Waals surface area contributed by atoms with E-state index in [1.54, 1.807) is 13.1 Å². The van der Waals surface area contributed by atoms with Crippen LogP contribution in [0.25, 0.3) is 16.7 Å². The number of nitrogens with zero attached hydrogens (tertiary/aromatic N) is 3. The first-order valence-corrected chi connectivity index (χ1v) is 12.0. The van der Waals surface area contributed by atoms with Gasteiger partial charge in [0.2, 0.25) is 16.0 Å². The van der Waals surface area contributed by atoms with E-state index < -0.39 is 16.1 Å². The predicted octanol–water partition coefficient (Wildman–Crippen LogP) is 2.75. The lowest BCUT2D eigenvalue weighted by atomic mass is 9.92. The van der Waals surface area contributed by atoms with Gasteiger partial charge in [-0.05, 0) is 56.4 Å². The molecule has 1 aliphatic rings. The fourth-order valence-electron chi connectivity index (χ4n) is 4.15. The van der Waals surface area contributed by atoms with Crippen molar-refractivity contribution in [1.29, 1.82) is 0 Å². The van der Waals surface area contributed by atoms with Gasteiger partial charge in [0.15, 0.2) is 0 Å². The number of aliphatic hydroxyl groups is 1. The molecule has 0 spiro atoms. The number of sulfonamides is 1. The lowest BCUT2D eigenvalue weighted by Crippen LogP contribution is -2.39. The molecule has 1 aromatic carbocycles. The fraction of sp³-hybridized carbons (Fsp3) is 0.429. The molecule has 1 fully saturated rings. The summed E-state index contributed by atoms with van der Waals surface area (Å²) in [5.41, 5.74) is 1.86. The van der Waals surface area contributed by atoms with Crippen molar-refractivity contribution in [1.82, 2.24) is 19.3 Å². The van der Waals surface area contributed by atoms with Crippen LogP contribution in [0.15, 0.2) is 42.7 Å². The SMILES string of the molecule is CC(O)c1cccc2c1ccn2-c1ccnc(NC2CCC(NS(C)(=O)=O)CC2)n1. The van der Waals surface area contributed by atoms with Gasteiger partial charge in [-0.25, -0.2) is 18.1 Å². The minimum Gasteiger partial charge on any atom is -0.389 e. The molecular formula is C21H27N5O3S. The average molecular weight is 430 g/mol. The summed E-state index contributed by atoms with van der Waals surface area (Å²) in [6, 6.07) is 9.92. The molecule has 3 aromatic rings. The van der Waals surface area contributed by atoms with E-state index in [0.717, 1.165) is 48.0 Å². The van der Waals surface area contributed by atoms with E-state index in [1.807, 2.05) is 41.1 Å². The number of anilines is 1. The zero-order valence-corrected chi connectivity index (χ0v) is 17.9. The molecule has 1 unspecified atom stereocenters. The maximum atomic E-state index is 11.4. The van der Waals surface area contributed by atoms with Gasteiger partial charge < -0.3 is 15.0 Å². The van der Waals surface area contributed by atoms with Gasteiger partial charge in [-0.15, -0.1) is 0 Å². The van der Waals surface area contributed by atoms with Crippen LogP contribution in [0.4, 0.5) is 5.95 Å². The Balaban J connectivity index is 1.49. The highest BCUT2D eigenvalue weighted by Gasteiger charge is 2.23. The fourth-order valence-corrected chi connectivity index (χ4v) is 4.99. The molecule has 0 radical (unpaired) electrons. The number of fused-ring (bicyclic) bond motifs is 1. The van der Waals surface area contributed by atoms with Crippen LogP contribution in [-0.2, 0) is 10.0 Å². The summed E-state index contributed by atoms with van der Waals surface area (Å²) < 4.78 is 27.5. The van der Waals surface area contributed by atoms with Gasteiger partial charge in [0.25, 0.3) is 0 Å². The molecule has 1 atom stereocenters. The van der Waals surface area contributed by atoms with E-state index in [0.29, 0.717) is 5.95 Å². The molecule has 0 saturated heterocycles. The van der Waals surface area contributed by atoms with Gasteiger partial charge in [-0.2, -0.15) is 4.98 Å². The Morgan fingerprint density at radius 1 is 1.13 bits per heavy atom. The number of nitrogens with one attached hydrogen (secondary N) is 2. The van der Waals surface area contributed by atoms with Crippen LogP contribution in [0.2, 0.25) is 0 Å². The van der Waals surface area contributed by atoms with Crippen LogP contribution in [0.1, 0.15) is 44.3 Å². The van der Waals surface area contributed by atoms with Crippen LogP contribution in [-0.4, -0.2) is 46.4 Å². The van der Waals surface area contributed by atoms with Gasteiger partial charge in [-0.3, -0.25) is 0 Å². The topological polar surface area (TPSA) is 109 Å². The highest BCUT2D eigenvalue weighted by Crippen LogP contribution is 2.27. The van der Waals surface area contributed by atoms with E-state index in [1.165, 1.54) is 6.26 Å². The van der Waals surface area contributed by atoms with E-state index >= 15 is 0 Å². The summed E-state index contributed by atoms with van der Waals surface area (Å²) in [6.45, 7) is 1.76. The summed E-state index contributed by atoms with van der Waals surface area (Å²) in [4.78, 5) is 9.04. The van der Waals surface area contributed by atoms with Crippen molar-refractivity contribution in [2.75, 3.05) is 11.6 Å². The van der Waals surface area contributed by atoms with E-state index in [4.69, 9.17) is 0 Å². The highest BCUT2D eigenvalue weighted by molar-refractivity contribution is 7.88. The van der Waals surface area contributed by atoms with E-state index in [-0.39, 0.29) is 12.1 Å². The summed E-state index contributed by atoms with van der Waals surface area (Å²) in [7, 11) is -3.17. The molecule has 30 heavy (non-hydrogen) atoms. The van der Waals surface area contributed by atoms with Crippen molar-refractivity contribution < 1.29 is 13.5 Å². The number of hydrogen-bond acceptors (Lipinski definition) is 6. The molecular weight excluding hydrogens is 402 g/mol. The largest absolute Gasteiger partial charge is 0.389 e. The lowest BCUT2D eigenvalue weighted by molar-refractivity contribution is 0.201. The van der Waals surface area contributed by atoms with Crippen LogP contribution >= 0.6 is 0 Å². The highest BCUT2D eigenvalue weighted by atomic mass is 32.2. The number of hydrogen-bond donors (Lipinski definition) is 3. The summed E-state index contributed by atoms with van der Waals surface area (Å²) in [5, 5.41) is 14.4. The summed E-state index contributed by atoms with van der Waals surface area (Å²) in [5.74, 6) is 1.30. The van der Waals surface area contributed by atoms with E-state index in [2.05, 4.69) is 20.0 Å². The quantitative estimate of drug-likeness (QED) is 0.556. The molecule has 3 N–H and O–H groups in total. The summed E-state index contributed by atoms with van der Waals surface area (Å²) >= 11 is 0. The molecule has 0 aliphatic heterocycles. The third-order valence-electron chi connectivity index (χ3n) is 5.55. The third kappa shape index (κ3) is 4.63. The van der Waals surface area contributed by atoms with Crippen LogP contribution in [0.3, 0.4) is 0 Å². The van der Waals surface area contributed by atoms with Gasteiger partial charge in [0.05, 0.1) is 17.9 Å². The van der Waals surface area contributed by atoms with Crippen molar-refractivity contribution in [2.45, 2.75) is 50.8 Å². The molecule has 2 aromatic heterocycles. The van der Waals surface area contributed by atoms with Gasteiger partial charge in [0.1, 0.15) is 5.82 Å². The number of rotatable bonds is 6. The van der Waals surface area contributed by atoms with Crippen LogP contribution in [0, 0.1) is 0 Å². The van der Waals surface area contributed by atoms with Crippen molar-refractivity contribution in [2.24, 2.45) is 0 Å². The Morgan fingerprint density at radius 3 is 2.57 bits per heavy atom. The minimum absolute atomic E-state index is 0.000321. The Morgan fingerprint density at radius 2 is 1.87 bits per heavy atom. The van der Waals surface area contributed by atoms with Crippen LogP contribution < -0.4 is 10.0 Å². The number of aliphatic hydroxyl groups excluding tert-OH is 1. The normalized spacial score (nSPS) is 20.9. The Hall–Kier alpha value is -2.49. The number of aromatic nitrogens is 3. The minimum atomic E-state index is -3.17. The molecule has 0 amide bonds. The Bertz CT molecular complexity index is 1130. The Labute approximate surface area is 176 Å². The molecule has 4 rings (SSSR count). The molecule has 1 saturated carbocycles. The first-order valence-electron chi connectivity index (χ1n) is 10.2. The summed E-state index contributed by atoms with van der Waals surface area (Å²) in [6.07, 6.45) is 7.61. The second-order valence-electron chi connectivity index (χ2n) is 7.96. The molecule has 0 bridgehead atoms. The first-order chi connectivity index (χ1) is 14.3. The number of benzene rings is 1. The maximum Gasteiger partial charge on any atom is 0.224 e. The van der Waals surface area contributed by atoms with Crippen molar-refractivity contribution in [3.8, 4) is 5.82 Å². The zero-order chi connectivity index (χ0) is 21.3. The molecule has 9 heteroatoms. The maximum absolute atomic E-state index is 11.4. The van der Waals surface area contributed by atoms with E-state index in [9.17, 15) is 13.5 Å². The van der Waals surface area contributed by atoms with Gasteiger partial charge in [-0.1, -0.05) is 12.1 Å². The predicted molar refractivity (Wildman–Crippen MR) is 117 cm³/mol. The Kier molecular flexibility index (Phi) is 5.77. The standard InChI is InChI=1S/C21H27N5O3S/c1-14(27)17-4-3-5-19-18(17)11-13-26(19)20-10-12-22-21(24-20)23-15-6-8-16(9-7-15)25-30(2,28)29/h3-5,10-16,25,27H,6-9H2,1-2H3,(H,22,23,24). The first kappa shape index (κ1) is 20.8. The zero-order valence-electron chi connectivity index (χ0n) is 17.1. The second kappa shape index (κ2) is 8.33. The second-order valence-corrected chi connectivity index (χ2v) is 9.74. The third-order valence-corrected chi connectivity index (χ3v) is 6.31. The molecule has 2 heterocycles. The van der Waals surface area contributed by atoms with Crippen molar-refractivity contribution >= 4 is 26.9 Å². The molecule has 1 aliphatic carbocycles. The smallest absolute Gasteiger partial charge is 0.224 e. The van der Waals surface area contributed by atoms with Crippen molar-refractivity contribution in [3.63, 3.8) is 0 Å².